The smallest absolute Gasteiger partial charge is 0.312 e. The van der Waals surface area contributed by atoms with Crippen LogP contribution in [0.4, 0.5) is 0 Å². The summed E-state index contributed by atoms with van der Waals surface area (Å²) in [5.41, 5.74) is -2.33. The summed E-state index contributed by atoms with van der Waals surface area (Å²) in [5, 5.41) is 12.4. The van der Waals surface area contributed by atoms with Gasteiger partial charge in [0.2, 0.25) is 0 Å². The molecule has 1 N–H and O–H groups in total. The molecule has 0 radical (unpaired) electrons. The Hall–Kier alpha value is -3.21. The number of ether oxygens (including phenoxy) is 5. The lowest BCUT2D eigenvalue weighted by Gasteiger charge is -2.55. The predicted octanol–water partition coefficient (Wildman–Crippen LogP) is 2.96. The molecule has 0 spiro atoms. The van der Waals surface area contributed by atoms with Crippen molar-refractivity contribution in [1.29, 1.82) is 0 Å². The van der Waals surface area contributed by atoms with Gasteiger partial charge in [0.1, 0.15) is 24.4 Å². The van der Waals surface area contributed by atoms with Gasteiger partial charge in [0.25, 0.3) is 0 Å². The van der Waals surface area contributed by atoms with E-state index in [1.807, 2.05) is 6.08 Å². The SMILES string of the molecule is CC(=O)O[C@H]1CC=C(C)[C@@H]2[C@@H](OC(C)=O)[C@]3(O)[C@H](/C=C(/C)[C@H](OC(=O)C(C)C)C[C@H](OC(C)=O)[C@@]12C)OC(=O)[C@@H]3C. The normalized spacial score (nSPS) is 38.2. The number of hydrogen-bond donors (Lipinski definition) is 1. The van der Waals surface area contributed by atoms with Crippen molar-refractivity contribution in [2.24, 2.45) is 23.2 Å². The molecule has 0 aromatic rings. The Kier molecular flexibility index (Phi) is 9.42. The van der Waals surface area contributed by atoms with Crippen LogP contribution in [0.2, 0.25) is 0 Å². The number of carbonyl (C=O) groups is 5. The average Bonchev–Trinajstić information content (AvgIpc) is 3.06. The van der Waals surface area contributed by atoms with E-state index in [-0.39, 0.29) is 12.8 Å². The Balaban J connectivity index is 2.42. The van der Waals surface area contributed by atoms with E-state index in [9.17, 15) is 29.1 Å². The van der Waals surface area contributed by atoms with E-state index in [4.69, 9.17) is 23.7 Å². The highest BCUT2D eigenvalue weighted by Crippen LogP contribution is 2.55. The number of rotatable bonds is 5. The van der Waals surface area contributed by atoms with Gasteiger partial charge in [-0.3, -0.25) is 24.0 Å². The molecule has 0 saturated carbocycles. The molecule has 3 aliphatic rings. The van der Waals surface area contributed by atoms with Crippen molar-refractivity contribution in [3.63, 3.8) is 0 Å². The number of esters is 5. The molecule has 1 fully saturated rings. The van der Waals surface area contributed by atoms with Crippen LogP contribution in [-0.4, -0.2) is 71.1 Å². The van der Waals surface area contributed by atoms with Crippen LogP contribution in [0.5, 0.6) is 0 Å². The molecule has 1 heterocycles. The Morgan fingerprint density at radius 3 is 2.05 bits per heavy atom. The zero-order valence-corrected chi connectivity index (χ0v) is 25.2. The van der Waals surface area contributed by atoms with Gasteiger partial charge in [-0.1, -0.05) is 32.4 Å². The lowest BCUT2D eigenvalue weighted by molar-refractivity contribution is -0.218. The first-order valence-corrected chi connectivity index (χ1v) is 13.9. The van der Waals surface area contributed by atoms with E-state index in [1.165, 1.54) is 33.8 Å². The molecule has 3 rings (SSSR count). The summed E-state index contributed by atoms with van der Waals surface area (Å²) in [6.45, 7) is 13.7. The number of hydrogen-bond acceptors (Lipinski definition) is 11. The molecule has 1 aliphatic heterocycles. The fraction of sp³-hybridized carbons (Fsp3) is 0.700. The minimum atomic E-state index is -2.09. The maximum Gasteiger partial charge on any atom is 0.312 e. The third-order valence-corrected chi connectivity index (χ3v) is 8.70. The molecule has 11 heteroatoms. The predicted molar refractivity (Wildman–Crippen MR) is 144 cm³/mol. The fourth-order valence-electron chi connectivity index (χ4n) is 6.43. The minimum absolute atomic E-state index is 0.0418. The quantitative estimate of drug-likeness (QED) is 0.291. The summed E-state index contributed by atoms with van der Waals surface area (Å²) in [7, 11) is 0. The summed E-state index contributed by atoms with van der Waals surface area (Å²) in [6, 6.07) is 0. The molecular weight excluding hydrogens is 536 g/mol. The summed E-state index contributed by atoms with van der Waals surface area (Å²) in [6.07, 6.45) is -2.08. The fourth-order valence-corrected chi connectivity index (χ4v) is 6.43. The molecule has 9 atom stereocenters. The van der Waals surface area contributed by atoms with Crippen molar-refractivity contribution < 1.29 is 52.8 Å². The van der Waals surface area contributed by atoms with Gasteiger partial charge < -0.3 is 28.8 Å². The van der Waals surface area contributed by atoms with Gasteiger partial charge in [0.05, 0.1) is 17.3 Å². The minimum Gasteiger partial charge on any atom is -0.462 e. The van der Waals surface area contributed by atoms with E-state index >= 15 is 0 Å². The third kappa shape index (κ3) is 6.05. The van der Waals surface area contributed by atoms with E-state index in [1.54, 1.807) is 34.6 Å². The lowest BCUT2D eigenvalue weighted by Crippen LogP contribution is -2.65. The van der Waals surface area contributed by atoms with Crippen LogP contribution in [0.15, 0.2) is 23.3 Å². The summed E-state index contributed by atoms with van der Waals surface area (Å²) >= 11 is 0. The molecule has 0 unspecified atom stereocenters. The second-order valence-corrected chi connectivity index (χ2v) is 11.9. The van der Waals surface area contributed by atoms with Crippen LogP contribution >= 0.6 is 0 Å². The Labute approximate surface area is 240 Å². The molecule has 228 valence electrons. The first-order chi connectivity index (χ1) is 18.9. The van der Waals surface area contributed by atoms with Crippen molar-refractivity contribution in [3.05, 3.63) is 23.3 Å². The largest absolute Gasteiger partial charge is 0.462 e. The van der Waals surface area contributed by atoms with E-state index < -0.39 is 89.1 Å². The molecule has 0 aromatic carbocycles. The van der Waals surface area contributed by atoms with E-state index in [0.29, 0.717) is 11.1 Å². The van der Waals surface area contributed by atoms with Gasteiger partial charge in [-0.05, 0) is 32.4 Å². The summed E-state index contributed by atoms with van der Waals surface area (Å²) in [5.74, 6) is -5.70. The van der Waals surface area contributed by atoms with Crippen LogP contribution in [-0.2, 0) is 47.7 Å². The van der Waals surface area contributed by atoms with Gasteiger partial charge >= 0.3 is 29.8 Å². The number of fused-ring (bicyclic) bond motifs is 2. The van der Waals surface area contributed by atoms with Crippen molar-refractivity contribution in [3.8, 4) is 0 Å². The average molecular weight is 579 g/mol. The highest BCUT2D eigenvalue weighted by atomic mass is 16.6. The van der Waals surface area contributed by atoms with Crippen molar-refractivity contribution in [2.45, 2.75) is 111 Å². The van der Waals surface area contributed by atoms with Crippen molar-refractivity contribution in [2.75, 3.05) is 0 Å². The van der Waals surface area contributed by atoms with Crippen LogP contribution < -0.4 is 0 Å². The first-order valence-electron chi connectivity index (χ1n) is 13.9. The molecule has 2 aliphatic carbocycles. The van der Waals surface area contributed by atoms with Crippen molar-refractivity contribution >= 4 is 29.8 Å². The molecule has 41 heavy (non-hydrogen) atoms. The summed E-state index contributed by atoms with van der Waals surface area (Å²) < 4.78 is 29.1. The van der Waals surface area contributed by atoms with Gasteiger partial charge in [0, 0.05) is 39.5 Å². The molecule has 0 bridgehead atoms. The zero-order chi connectivity index (χ0) is 31.0. The van der Waals surface area contributed by atoms with Gasteiger partial charge in [0.15, 0.2) is 11.7 Å². The highest BCUT2D eigenvalue weighted by molar-refractivity contribution is 5.78. The second-order valence-electron chi connectivity index (χ2n) is 11.9. The third-order valence-electron chi connectivity index (χ3n) is 8.70. The highest BCUT2D eigenvalue weighted by Gasteiger charge is 2.67. The van der Waals surface area contributed by atoms with Crippen LogP contribution in [0, 0.1) is 23.2 Å². The van der Waals surface area contributed by atoms with Gasteiger partial charge in [-0.15, -0.1) is 0 Å². The molecular formula is C30H42O11. The van der Waals surface area contributed by atoms with E-state index in [2.05, 4.69) is 0 Å². The Bertz CT molecular complexity index is 1150. The van der Waals surface area contributed by atoms with Crippen LogP contribution in [0.25, 0.3) is 0 Å². The maximum absolute atomic E-state index is 13.0. The van der Waals surface area contributed by atoms with Crippen LogP contribution in [0.3, 0.4) is 0 Å². The number of aliphatic hydroxyl groups is 1. The number of carbonyl (C=O) groups excluding carboxylic acids is 5. The molecule has 0 amide bonds. The van der Waals surface area contributed by atoms with Gasteiger partial charge in [-0.25, -0.2) is 0 Å². The summed E-state index contributed by atoms with van der Waals surface area (Å²) in [4.78, 5) is 63.2. The zero-order valence-electron chi connectivity index (χ0n) is 25.2. The Morgan fingerprint density at radius 2 is 1.51 bits per heavy atom. The lowest BCUT2D eigenvalue weighted by atomic mass is 9.56. The maximum atomic E-state index is 13.0. The van der Waals surface area contributed by atoms with Crippen LogP contribution in [0.1, 0.15) is 75.2 Å². The standard InChI is InChI=1S/C30H42O11/c1-14(2)27(34)40-21-13-23(38-19(7)32)29(9)22(37-18(6)31)11-10-15(3)25(29)26(39-20(8)33)30(36)17(5)28(35)41-24(30)12-16(21)4/h10,12,14,17,21-26,36H,11,13H2,1-9H3/b16-12-/t17-,21+,22-,23-,24-,25+,26+,29+,30+/m0/s1. The topological polar surface area (TPSA) is 152 Å². The van der Waals surface area contributed by atoms with E-state index in [0.717, 1.165) is 0 Å². The molecule has 0 aromatic heterocycles. The first kappa shape index (κ1) is 32.3. The second kappa shape index (κ2) is 12.0. The Morgan fingerprint density at radius 1 is 0.951 bits per heavy atom. The molecule has 11 nitrogen and oxygen atoms in total. The monoisotopic (exact) mass is 578 g/mol. The van der Waals surface area contributed by atoms with Crippen molar-refractivity contribution in [1.82, 2.24) is 0 Å². The van der Waals surface area contributed by atoms with Gasteiger partial charge in [-0.2, -0.15) is 0 Å². The molecule has 1 saturated heterocycles.